The molecule has 1 amide bonds. The molecule has 2 aromatic heterocycles. The molecule has 0 aliphatic rings. The lowest BCUT2D eigenvalue weighted by molar-refractivity contribution is 0.0716. The Balaban J connectivity index is 1.83. The zero-order valence-corrected chi connectivity index (χ0v) is 19.5. The monoisotopic (exact) mass is 420 g/mol. The fourth-order valence-corrected chi connectivity index (χ4v) is 3.99. The molecule has 31 heavy (non-hydrogen) atoms. The van der Waals surface area contributed by atoms with Gasteiger partial charge in [-0.3, -0.25) is 4.79 Å². The second-order valence-corrected chi connectivity index (χ2v) is 8.76. The van der Waals surface area contributed by atoms with Crippen molar-refractivity contribution in [3.05, 3.63) is 59.5 Å². The zero-order valence-electron chi connectivity index (χ0n) is 19.5. The first-order valence-electron chi connectivity index (χ1n) is 11.7. The standard InChI is InChI=1S/C26H36N4O/c1-5-7-8-10-21-12-14-22(15-13-21)26(31)29(18-20(3)4)19-24-28-23-11-9-16-27-25(23)30(24)17-6-2/h9,11-16,20H,5-8,10,17-19H2,1-4H3. The third kappa shape index (κ3) is 5.93. The van der Waals surface area contributed by atoms with E-state index < -0.39 is 0 Å². The summed E-state index contributed by atoms with van der Waals surface area (Å²) >= 11 is 0. The summed E-state index contributed by atoms with van der Waals surface area (Å²) in [6.45, 7) is 10.7. The van der Waals surface area contributed by atoms with E-state index in [4.69, 9.17) is 4.98 Å². The quantitative estimate of drug-likeness (QED) is 0.364. The molecule has 5 heteroatoms. The van der Waals surface area contributed by atoms with Gasteiger partial charge in [-0.2, -0.15) is 0 Å². The summed E-state index contributed by atoms with van der Waals surface area (Å²) < 4.78 is 2.16. The molecule has 0 radical (unpaired) electrons. The van der Waals surface area contributed by atoms with Crippen molar-refractivity contribution in [3.63, 3.8) is 0 Å². The van der Waals surface area contributed by atoms with Gasteiger partial charge in [-0.25, -0.2) is 9.97 Å². The van der Waals surface area contributed by atoms with Gasteiger partial charge in [0.1, 0.15) is 11.3 Å². The van der Waals surface area contributed by atoms with Crippen LogP contribution in [0.5, 0.6) is 0 Å². The SMILES string of the molecule is CCCCCc1ccc(C(=O)N(Cc2nc3cccnc3n2CCC)CC(C)C)cc1. The third-order valence-corrected chi connectivity index (χ3v) is 5.50. The number of rotatable bonds is 11. The zero-order chi connectivity index (χ0) is 22.2. The smallest absolute Gasteiger partial charge is 0.254 e. The molecule has 0 N–H and O–H groups in total. The van der Waals surface area contributed by atoms with Gasteiger partial charge in [0.25, 0.3) is 5.91 Å². The van der Waals surface area contributed by atoms with E-state index in [1.807, 2.05) is 29.2 Å². The number of hydrogen-bond donors (Lipinski definition) is 0. The Morgan fingerprint density at radius 1 is 1.06 bits per heavy atom. The van der Waals surface area contributed by atoms with Crippen LogP contribution in [0.15, 0.2) is 42.6 Å². The normalized spacial score (nSPS) is 11.4. The fourth-order valence-electron chi connectivity index (χ4n) is 3.99. The largest absolute Gasteiger partial charge is 0.331 e. The van der Waals surface area contributed by atoms with Crippen LogP contribution in [0.3, 0.4) is 0 Å². The highest BCUT2D eigenvalue weighted by molar-refractivity contribution is 5.94. The minimum Gasteiger partial charge on any atom is -0.331 e. The number of aromatic nitrogens is 3. The molecule has 0 aliphatic carbocycles. The van der Waals surface area contributed by atoms with Crippen LogP contribution in [-0.4, -0.2) is 31.9 Å². The van der Waals surface area contributed by atoms with Crippen LogP contribution in [0.25, 0.3) is 11.2 Å². The van der Waals surface area contributed by atoms with Crippen LogP contribution in [-0.2, 0) is 19.5 Å². The van der Waals surface area contributed by atoms with Gasteiger partial charge in [0.05, 0.1) is 6.54 Å². The molecule has 166 valence electrons. The lowest BCUT2D eigenvalue weighted by Gasteiger charge is -2.25. The molecule has 0 bridgehead atoms. The van der Waals surface area contributed by atoms with Gasteiger partial charge < -0.3 is 9.47 Å². The average Bonchev–Trinajstić information content (AvgIpc) is 3.10. The Labute approximate surface area is 186 Å². The van der Waals surface area contributed by atoms with E-state index in [-0.39, 0.29) is 5.91 Å². The number of carbonyl (C=O) groups excluding carboxylic acids is 1. The lowest BCUT2D eigenvalue weighted by Crippen LogP contribution is -2.34. The number of fused-ring (bicyclic) bond motifs is 1. The van der Waals surface area contributed by atoms with Crippen molar-refractivity contribution < 1.29 is 4.79 Å². The number of benzene rings is 1. The first-order valence-corrected chi connectivity index (χ1v) is 11.7. The van der Waals surface area contributed by atoms with E-state index in [0.29, 0.717) is 19.0 Å². The maximum Gasteiger partial charge on any atom is 0.254 e. The maximum absolute atomic E-state index is 13.4. The Kier molecular flexibility index (Phi) is 8.21. The molecule has 0 saturated heterocycles. The van der Waals surface area contributed by atoms with E-state index in [0.717, 1.165) is 41.9 Å². The van der Waals surface area contributed by atoms with Crippen LogP contribution in [0.2, 0.25) is 0 Å². The predicted octanol–water partition coefficient (Wildman–Crippen LogP) is 5.87. The van der Waals surface area contributed by atoms with Gasteiger partial charge in [0.2, 0.25) is 0 Å². The second-order valence-electron chi connectivity index (χ2n) is 8.76. The summed E-state index contributed by atoms with van der Waals surface area (Å²) in [5, 5.41) is 0. The highest BCUT2D eigenvalue weighted by atomic mass is 16.2. The molecule has 0 atom stereocenters. The average molecular weight is 421 g/mol. The molecule has 2 heterocycles. The summed E-state index contributed by atoms with van der Waals surface area (Å²) in [7, 11) is 0. The first-order chi connectivity index (χ1) is 15.0. The highest BCUT2D eigenvalue weighted by Crippen LogP contribution is 2.19. The van der Waals surface area contributed by atoms with E-state index >= 15 is 0 Å². The number of aryl methyl sites for hydroxylation is 2. The second kappa shape index (κ2) is 11.1. The topological polar surface area (TPSA) is 51.0 Å². The third-order valence-electron chi connectivity index (χ3n) is 5.50. The van der Waals surface area contributed by atoms with E-state index in [1.165, 1.54) is 24.8 Å². The number of imidazole rings is 1. The van der Waals surface area contributed by atoms with Crippen molar-refractivity contribution in [3.8, 4) is 0 Å². The molecule has 5 nitrogen and oxygen atoms in total. The van der Waals surface area contributed by atoms with Crippen LogP contribution in [0.1, 0.15) is 75.1 Å². The van der Waals surface area contributed by atoms with Crippen molar-refractivity contribution in [1.29, 1.82) is 0 Å². The number of carbonyl (C=O) groups is 1. The van der Waals surface area contributed by atoms with Crippen LogP contribution >= 0.6 is 0 Å². The molecular formula is C26H36N4O. The minimum absolute atomic E-state index is 0.0665. The molecule has 0 fully saturated rings. The molecule has 3 rings (SSSR count). The van der Waals surface area contributed by atoms with Gasteiger partial charge >= 0.3 is 0 Å². The first kappa shape index (κ1) is 23.0. The summed E-state index contributed by atoms with van der Waals surface area (Å²) in [5.74, 6) is 1.34. The number of unbranched alkanes of at least 4 members (excludes halogenated alkanes) is 2. The summed E-state index contributed by atoms with van der Waals surface area (Å²) in [5.41, 5.74) is 3.83. The van der Waals surface area contributed by atoms with E-state index in [1.54, 1.807) is 6.20 Å². The number of amides is 1. The molecule has 0 unspecified atom stereocenters. The number of pyridine rings is 1. The van der Waals surface area contributed by atoms with E-state index in [2.05, 4.69) is 49.4 Å². The predicted molar refractivity (Wildman–Crippen MR) is 127 cm³/mol. The fraction of sp³-hybridized carbons (Fsp3) is 0.500. The Bertz CT molecular complexity index is 975. The van der Waals surface area contributed by atoms with Gasteiger partial charge in [-0.1, -0.05) is 52.7 Å². The van der Waals surface area contributed by atoms with Crippen molar-refractivity contribution >= 4 is 17.1 Å². The summed E-state index contributed by atoms with van der Waals surface area (Å²) in [6, 6.07) is 12.1. The van der Waals surface area contributed by atoms with Crippen molar-refractivity contribution in [2.75, 3.05) is 6.54 Å². The number of hydrogen-bond acceptors (Lipinski definition) is 3. The van der Waals surface area contributed by atoms with Crippen LogP contribution < -0.4 is 0 Å². The highest BCUT2D eigenvalue weighted by Gasteiger charge is 2.21. The number of nitrogens with zero attached hydrogens (tertiary/aromatic N) is 4. The summed E-state index contributed by atoms with van der Waals surface area (Å²) in [6.07, 6.45) is 7.54. The van der Waals surface area contributed by atoms with Crippen molar-refractivity contribution in [1.82, 2.24) is 19.4 Å². The molecule has 0 aliphatic heterocycles. The minimum atomic E-state index is 0.0665. The van der Waals surface area contributed by atoms with Crippen molar-refractivity contribution in [2.45, 2.75) is 72.9 Å². The van der Waals surface area contributed by atoms with Gasteiger partial charge in [0, 0.05) is 24.8 Å². The van der Waals surface area contributed by atoms with Crippen LogP contribution in [0.4, 0.5) is 0 Å². The van der Waals surface area contributed by atoms with Gasteiger partial charge in [-0.05, 0) is 55.0 Å². The molecule has 1 aromatic carbocycles. The Morgan fingerprint density at radius 2 is 1.84 bits per heavy atom. The molecule has 0 saturated carbocycles. The van der Waals surface area contributed by atoms with Gasteiger partial charge in [0.15, 0.2) is 5.65 Å². The van der Waals surface area contributed by atoms with Crippen molar-refractivity contribution in [2.24, 2.45) is 5.92 Å². The van der Waals surface area contributed by atoms with Crippen LogP contribution in [0, 0.1) is 5.92 Å². The maximum atomic E-state index is 13.4. The molecule has 3 aromatic rings. The Morgan fingerprint density at radius 3 is 2.52 bits per heavy atom. The van der Waals surface area contributed by atoms with Gasteiger partial charge in [-0.15, -0.1) is 0 Å². The molecule has 0 spiro atoms. The molecular weight excluding hydrogens is 384 g/mol. The van der Waals surface area contributed by atoms with E-state index in [9.17, 15) is 4.79 Å². The Hall–Kier alpha value is -2.69. The lowest BCUT2D eigenvalue weighted by atomic mass is 10.0. The summed E-state index contributed by atoms with van der Waals surface area (Å²) in [4.78, 5) is 24.7.